The molecule has 0 amide bonds. The molecule has 1 unspecified atom stereocenters. The maximum absolute atomic E-state index is 14.0. The van der Waals surface area contributed by atoms with Gasteiger partial charge in [0.05, 0.1) is 9.85 Å². The number of halogens is 3. The molecule has 0 nitrogen and oxygen atoms in total. The van der Waals surface area contributed by atoms with Crippen LogP contribution in [0, 0.1) is 5.82 Å². The summed E-state index contributed by atoms with van der Waals surface area (Å²) < 4.78 is 14.0. The highest BCUT2D eigenvalue weighted by atomic mass is 79.9. The molecule has 0 saturated carbocycles. The van der Waals surface area contributed by atoms with Crippen molar-refractivity contribution in [1.29, 1.82) is 0 Å². The topological polar surface area (TPSA) is 0 Å². The molecular formula is C17H17BrClF. The van der Waals surface area contributed by atoms with Crippen LogP contribution in [0.3, 0.4) is 0 Å². The predicted molar refractivity (Wildman–Crippen MR) is 87.3 cm³/mol. The monoisotopic (exact) mass is 354 g/mol. The first-order chi connectivity index (χ1) is 9.30. The molecule has 0 heterocycles. The van der Waals surface area contributed by atoms with Crippen molar-refractivity contribution in [3.05, 3.63) is 70.0 Å². The summed E-state index contributed by atoms with van der Waals surface area (Å²) in [6.45, 7) is 6.51. The van der Waals surface area contributed by atoms with Crippen LogP contribution in [0.2, 0.25) is 5.02 Å². The number of benzene rings is 2. The highest BCUT2D eigenvalue weighted by Gasteiger charge is 2.18. The maximum Gasteiger partial charge on any atom is 0.146 e. The van der Waals surface area contributed by atoms with Gasteiger partial charge in [-0.2, -0.15) is 0 Å². The SMILES string of the molecule is CC(C)(C)c1ccc(C(Br)c2cccc(Cl)c2F)cc1. The molecule has 0 spiro atoms. The predicted octanol–water partition coefficient (Wildman–Crippen LogP) is 6.26. The minimum absolute atomic E-state index is 0.113. The van der Waals surface area contributed by atoms with Crippen LogP contribution in [0.15, 0.2) is 42.5 Å². The zero-order valence-corrected chi connectivity index (χ0v) is 14.1. The number of rotatable bonds is 2. The Kier molecular flexibility index (Phi) is 4.55. The summed E-state index contributed by atoms with van der Waals surface area (Å²) in [5.74, 6) is -0.365. The van der Waals surface area contributed by atoms with Crippen LogP contribution in [0.4, 0.5) is 4.39 Å². The third-order valence-electron chi connectivity index (χ3n) is 3.32. The minimum Gasteiger partial charge on any atom is -0.205 e. The standard InChI is InChI=1S/C17H17BrClF/c1-17(2,3)12-9-7-11(8-10-12)15(18)13-5-4-6-14(19)16(13)20/h4-10,15H,1-3H3. The van der Waals surface area contributed by atoms with E-state index in [0.29, 0.717) is 5.56 Å². The molecule has 0 aliphatic heterocycles. The summed E-state index contributed by atoms with van der Waals surface area (Å²) in [6.07, 6.45) is 0. The van der Waals surface area contributed by atoms with Gasteiger partial charge in [0.2, 0.25) is 0 Å². The molecule has 2 aromatic carbocycles. The van der Waals surface area contributed by atoms with Gasteiger partial charge >= 0.3 is 0 Å². The van der Waals surface area contributed by atoms with Crippen molar-refractivity contribution in [3.63, 3.8) is 0 Å². The summed E-state index contributed by atoms with van der Waals surface area (Å²) in [5, 5.41) is 0.151. The van der Waals surface area contributed by atoms with Gasteiger partial charge in [0.1, 0.15) is 5.82 Å². The first-order valence-corrected chi connectivity index (χ1v) is 7.78. The van der Waals surface area contributed by atoms with Gasteiger partial charge in [-0.3, -0.25) is 0 Å². The highest BCUT2D eigenvalue weighted by molar-refractivity contribution is 9.09. The fourth-order valence-electron chi connectivity index (χ4n) is 2.05. The van der Waals surface area contributed by atoms with Gasteiger partial charge in [-0.05, 0) is 22.6 Å². The molecule has 0 aromatic heterocycles. The highest BCUT2D eigenvalue weighted by Crippen LogP contribution is 2.35. The van der Waals surface area contributed by atoms with E-state index in [-0.39, 0.29) is 21.1 Å². The summed E-state index contributed by atoms with van der Waals surface area (Å²) in [7, 11) is 0. The van der Waals surface area contributed by atoms with Gasteiger partial charge in [-0.15, -0.1) is 0 Å². The molecule has 0 radical (unpaired) electrons. The second-order valence-corrected chi connectivity index (χ2v) is 7.20. The Balaban J connectivity index is 2.34. The van der Waals surface area contributed by atoms with Crippen molar-refractivity contribution in [2.45, 2.75) is 31.0 Å². The third kappa shape index (κ3) is 3.24. The lowest BCUT2D eigenvalue weighted by Crippen LogP contribution is -2.10. The Morgan fingerprint density at radius 3 is 2.20 bits per heavy atom. The minimum atomic E-state index is -0.365. The first kappa shape index (κ1) is 15.5. The smallest absolute Gasteiger partial charge is 0.146 e. The van der Waals surface area contributed by atoms with E-state index < -0.39 is 0 Å². The summed E-state index contributed by atoms with van der Waals surface area (Å²) in [5.41, 5.74) is 2.94. The lowest BCUT2D eigenvalue weighted by Gasteiger charge is -2.20. The van der Waals surface area contributed by atoms with Crippen LogP contribution in [-0.4, -0.2) is 0 Å². The molecular weight excluding hydrogens is 339 g/mol. The summed E-state index contributed by atoms with van der Waals surface area (Å²) >= 11 is 9.39. The Morgan fingerprint density at radius 2 is 1.65 bits per heavy atom. The van der Waals surface area contributed by atoms with Crippen LogP contribution < -0.4 is 0 Å². The molecule has 0 aliphatic rings. The van der Waals surface area contributed by atoms with Crippen molar-refractivity contribution in [3.8, 4) is 0 Å². The van der Waals surface area contributed by atoms with Crippen LogP contribution >= 0.6 is 27.5 Å². The van der Waals surface area contributed by atoms with Crippen LogP contribution in [-0.2, 0) is 5.41 Å². The second-order valence-electron chi connectivity index (χ2n) is 5.88. The Labute approximate surface area is 133 Å². The zero-order chi connectivity index (χ0) is 14.9. The van der Waals surface area contributed by atoms with E-state index >= 15 is 0 Å². The van der Waals surface area contributed by atoms with Gasteiger partial charge < -0.3 is 0 Å². The normalized spacial score (nSPS) is 13.3. The third-order valence-corrected chi connectivity index (χ3v) is 4.64. The molecule has 2 rings (SSSR count). The van der Waals surface area contributed by atoms with E-state index in [4.69, 9.17) is 11.6 Å². The fourth-order valence-corrected chi connectivity index (χ4v) is 2.89. The van der Waals surface area contributed by atoms with Crippen molar-refractivity contribution in [1.82, 2.24) is 0 Å². The van der Waals surface area contributed by atoms with E-state index in [9.17, 15) is 4.39 Å². The molecule has 106 valence electrons. The van der Waals surface area contributed by atoms with Crippen molar-refractivity contribution < 1.29 is 4.39 Å². The van der Waals surface area contributed by atoms with Gasteiger partial charge in [0.25, 0.3) is 0 Å². The average molecular weight is 356 g/mol. The fraction of sp³-hybridized carbons (Fsp3) is 0.294. The molecule has 2 aromatic rings. The Hall–Kier alpha value is -0.860. The van der Waals surface area contributed by atoms with E-state index in [1.54, 1.807) is 18.2 Å². The van der Waals surface area contributed by atoms with E-state index in [1.807, 2.05) is 12.1 Å². The Morgan fingerprint density at radius 1 is 1.05 bits per heavy atom. The van der Waals surface area contributed by atoms with Crippen molar-refractivity contribution >= 4 is 27.5 Å². The van der Waals surface area contributed by atoms with E-state index in [0.717, 1.165) is 5.56 Å². The van der Waals surface area contributed by atoms with Crippen LogP contribution in [0.5, 0.6) is 0 Å². The molecule has 0 N–H and O–H groups in total. The molecule has 0 fully saturated rings. The van der Waals surface area contributed by atoms with E-state index in [2.05, 4.69) is 48.8 Å². The number of hydrogen-bond donors (Lipinski definition) is 0. The molecule has 0 bridgehead atoms. The first-order valence-electron chi connectivity index (χ1n) is 6.49. The van der Waals surface area contributed by atoms with Crippen molar-refractivity contribution in [2.24, 2.45) is 0 Å². The van der Waals surface area contributed by atoms with Gasteiger partial charge in [0.15, 0.2) is 0 Å². The largest absolute Gasteiger partial charge is 0.205 e. The number of hydrogen-bond acceptors (Lipinski definition) is 0. The Bertz CT molecular complexity index is 599. The summed E-state index contributed by atoms with van der Waals surface area (Å²) in [6, 6.07) is 13.3. The summed E-state index contributed by atoms with van der Waals surface area (Å²) in [4.78, 5) is -0.199. The quantitative estimate of drug-likeness (QED) is 0.558. The van der Waals surface area contributed by atoms with E-state index in [1.165, 1.54) is 5.56 Å². The van der Waals surface area contributed by atoms with Gasteiger partial charge in [0, 0.05) is 5.56 Å². The van der Waals surface area contributed by atoms with Crippen molar-refractivity contribution in [2.75, 3.05) is 0 Å². The zero-order valence-electron chi connectivity index (χ0n) is 11.8. The average Bonchev–Trinajstić information content (AvgIpc) is 2.40. The van der Waals surface area contributed by atoms with Crippen LogP contribution in [0.1, 0.15) is 42.3 Å². The second kappa shape index (κ2) is 5.87. The number of alkyl halides is 1. The lowest BCUT2D eigenvalue weighted by atomic mass is 9.86. The lowest BCUT2D eigenvalue weighted by molar-refractivity contribution is 0.590. The molecule has 20 heavy (non-hydrogen) atoms. The van der Waals surface area contributed by atoms with Crippen LogP contribution in [0.25, 0.3) is 0 Å². The molecule has 3 heteroatoms. The van der Waals surface area contributed by atoms with Gasteiger partial charge in [-0.1, -0.05) is 84.7 Å². The molecule has 0 saturated heterocycles. The molecule has 0 aliphatic carbocycles. The van der Waals surface area contributed by atoms with Gasteiger partial charge in [-0.25, -0.2) is 4.39 Å². The maximum atomic E-state index is 14.0. The molecule has 1 atom stereocenters.